The van der Waals surface area contributed by atoms with Crippen LogP contribution in [0.4, 0.5) is 0 Å². The van der Waals surface area contributed by atoms with Gasteiger partial charge in [0, 0.05) is 32.1 Å². The maximum absolute atomic E-state index is 8.58. The molecule has 0 saturated heterocycles. The first-order valence-electron chi connectivity index (χ1n) is 6.54. The van der Waals surface area contributed by atoms with Gasteiger partial charge in [0.05, 0.1) is 12.4 Å². The molecule has 0 unspecified atom stereocenters. The maximum Gasteiger partial charge on any atom is 0.226 e. The van der Waals surface area contributed by atoms with Crippen molar-refractivity contribution in [2.24, 2.45) is 10.8 Å². The molecule has 0 fully saturated rings. The van der Waals surface area contributed by atoms with Crippen molar-refractivity contribution in [1.29, 1.82) is 5.26 Å². The highest BCUT2D eigenvalue weighted by Gasteiger charge is 2.00. The lowest BCUT2D eigenvalue weighted by Crippen LogP contribution is -2.32. The van der Waals surface area contributed by atoms with E-state index in [9.17, 15) is 0 Å². The van der Waals surface area contributed by atoms with E-state index in [2.05, 4.69) is 20.5 Å². The molecule has 0 aliphatic rings. The first kappa shape index (κ1) is 16.6. The van der Waals surface area contributed by atoms with Crippen LogP contribution in [-0.2, 0) is 6.54 Å². The van der Waals surface area contributed by atoms with Crippen LogP contribution in [-0.4, -0.2) is 60.0 Å². The van der Waals surface area contributed by atoms with Gasteiger partial charge < -0.3 is 20.9 Å². The highest BCUT2D eigenvalue weighted by Crippen LogP contribution is 1.99. The predicted octanol–water partition coefficient (Wildman–Crippen LogP) is -1.00. The summed E-state index contributed by atoms with van der Waals surface area (Å²) in [6.45, 7) is 1.91. The summed E-state index contributed by atoms with van der Waals surface area (Å²) in [5.41, 5.74) is 9.38. The van der Waals surface area contributed by atoms with Gasteiger partial charge in [0.15, 0.2) is 6.19 Å². The summed E-state index contributed by atoms with van der Waals surface area (Å²) in [4.78, 5) is 10.1. The molecule has 116 valence electrons. The van der Waals surface area contributed by atoms with Gasteiger partial charge in [0.25, 0.3) is 0 Å². The minimum Gasteiger partial charge on any atom is -0.397 e. The molecule has 0 bridgehead atoms. The van der Waals surface area contributed by atoms with E-state index in [0.717, 1.165) is 18.5 Å². The summed E-state index contributed by atoms with van der Waals surface area (Å²) in [6.07, 6.45) is 6.22. The van der Waals surface area contributed by atoms with Crippen LogP contribution in [0.25, 0.3) is 0 Å². The van der Waals surface area contributed by atoms with E-state index in [1.54, 1.807) is 6.20 Å². The minimum atomic E-state index is 0.124. The monoisotopic (exact) mass is 294 g/mol. The average Bonchev–Trinajstić information content (AvgIpc) is 2.88. The molecule has 21 heavy (non-hydrogen) atoms. The minimum absolute atomic E-state index is 0.124. The molecule has 3 N–H and O–H groups in total. The van der Waals surface area contributed by atoms with Crippen LogP contribution in [0.15, 0.2) is 17.5 Å². The van der Waals surface area contributed by atoms with Crippen LogP contribution in [0.1, 0.15) is 12.0 Å². The number of hydrazone groups is 1. The second kappa shape index (κ2) is 8.65. The molecule has 1 aromatic rings. The molecule has 0 aromatic carbocycles. The molecular weight excluding hydrogens is 272 g/mol. The SMILES string of the molecule is CN(C)Cc1cnn(OCCCNN=C(N)N(C)C#N)c1. The third kappa shape index (κ3) is 6.49. The molecule has 9 heteroatoms. The van der Waals surface area contributed by atoms with Gasteiger partial charge in [-0.1, -0.05) is 0 Å². The Hall–Kier alpha value is -2.47. The number of nitrogens with one attached hydrogen (secondary N) is 1. The fraction of sp³-hybridized carbons (Fsp3) is 0.583. The van der Waals surface area contributed by atoms with Crippen LogP contribution in [0.3, 0.4) is 0 Å². The molecule has 1 rings (SSSR count). The number of aromatic nitrogens is 2. The number of hydrogen-bond donors (Lipinski definition) is 2. The zero-order valence-electron chi connectivity index (χ0n) is 12.7. The summed E-state index contributed by atoms with van der Waals surface area (Å²) in [5.74, 6) is 0.124. The van der Waals surface area contributed by atoms with E-state index >= 15 is 0 Å². The molecular formula is C12H22N8O. The Balaban J connectivity index is 2.17. The molecule has 0 aliphatic carbocycles. The van der Waals surface area contributed by atoms with Crippen LogP contribution in [0.2, 0.25) is 0 Å². The van der Waals surface area contributed by atoms with Gasteiger partial charge in [-0.2, -0.15) is 5.26 Å². The number of rotatable bonds is 8. The van der Waals surface area contributed by atoms with Crippen molar-refractivity contribution in [3.63, 3.8) is 0 Å². The number of guanidine groups is 1. The largest absolute Gasteiger partial charge is 0.397 e. The van der Waals surface area contributed by atoms with Gasteiger partial charge in [-0.15, -0.1) is 15.0 Å². The van der Waals surface area contributed by atoms with Crippen molar-refractivity contribution >= 4 is 5.96 Å². The highest BCUT2D eigenvalue weighted by atomic mass is 16.7. The predicted molar refractivity (Wildman–Crippen MR) is 78.7 cm³/mol. The summed E-state index contributed by atoms with van der Waals surface area (Å²) < 4.78 is 0. The van der Waals surface area contributed by atoms with Crippen molar-refractivity contribution < 1.29 is 4.84 Å². The lowest BCUT2D eigenvalue weighted by molar-refractivity contribution is 0.0804. The second-order valence-corrected chi connectivity index (χ2v) is 4.71. The third-order valence-electron chi connectivity index (χ3n) is 2.46. The summed E-state index contributed by atoms with van der Waals surface area (Å²) >= 11 is 0. The van der Waals surface area contributed by atoms with E-state index in [0.29, 0.717) is 13.2 Å². The van der Waals surface area contributed by atoms with Crippen molar-refractivity contribution in [1.82, 2.24) is 25.2 Å². The highest BCUT2D eigenvalue weighted by molar-refractivity contribution is 5.78. The first-order chi connectivity index (χ1) is 10.0. The molecule has 0 aliphatic heterocycles. The van der Waals surface area contributed by atoms with E-state index in [4.69, 9.17) is 15.8 Å². The number of nitriles is 1. The van der Waals surface area contributed by atoms with Crippen LogP contribution < -0.4 is 16.0 Å². The Morgan fingerprint density at radius 3 is 3.00 bits per heavy atom. The molecule has 1 aromatic heterocycles. The Kier molecular flexibility index (Phi) is 6.83. The number of nitrogens with zero attached hydrogens (tertiary/aromatic N) is 6. The molecule has 0 amide bonds. The molecule has 0 saturated carbocycles. The van der Waals surface area contributed by atoms with Crippen molar-refractivity contribution in [2.75, 3.05) is 34.3 Å². The van der Waals surface area contributed by atoms with Crippen LogP contribution >= 0.6 is 0 Å². The lowest BCUT2D eigenvalue weighted by Gasteiger charge is -2.08. The molecule has 9 nitrogen and oxygen atoms in total. The third-order valence-corrected chi connectivity index (χ3v) is 2.46. The lowest BCUT2D eigenvalue weighted by atomic mass is 10.3. The van der Waals surface area contributed by atoms with E-state index in [1.165, 1.54) is 16.8 Å². The van der Waals surface area contributed by atoms with Gasteiger partial charge in [-0.3, -0.25) is 4.90 Å². The van der Waals surface area contributed by atoms with E-state index in [-0.39, 0.29) is 5.96 Å². The molecule has 0 spiro atoms. The normalized spacial score (nSPS) is 11.3. The summed E-state index contributed by atoms with van der Waals surface area (Å²) in [7, 11) is 5.53. The molecule has 0 atom stereocenters. The summed E-state index contributed by atoms with van der Waals surface area (Å²) in [6, 6.07) is 0. The van der Waals surface area contributed by atoms with Crippen LogP contribution in [0.5, 0.6) is 0 Å². The summed E-state index contributed by atoms with van der Waals surface area (Å²) in [5, 5.41) is 16.5. The van der Waals surface area contributed by atoms with Gasteiger partial charge in [-0.25, -0.2) is 0 Å². The van der Waals surface area contributed by atoms with Crippen molar-refractivity contribution in [3.05, 3.63) is 18.0 Å². The fourth-order valence-corrected chi connectivity index (χ4v) is 1.43. The fourth-order valence-electron chi connectivity index (χ4n) is 1.43. The topological polar surface area (TPSA) is 108 Å². The Bertz CT molecular complexity index is 490. The van der Waals surface area contributed by atoms with Gasteiger partial charge >= 0.3 is 0 Å². The zero-order valence-corrected chi connectivity index (χ0v) is 12.7. The van der Waals surface area contributed by atoms with Gasteiger partial charge in [0.1, 0.15) is 6.61 Å². The smallest absolute Gasteiger partial charge is 0.226 e. The Morgan fingerprint density at radius 2 is 2.33 bits per heavy atom. The average molecular weight is 294 g/mol. The Labute approximate surface area is 124 Å². The standard InChI is InChI=1S/C12H22N8O/c1-18(2)8-11-7-16-20(9-11)21-6-4-5-15-17-12(14)19(3)10-13/h7,9,15H,4-6,8H2,1-3H3,(H2,14,17). The van der Waals surface area contributed by atoms with Crippen LogP contribution in [0, 0.1) is 11.5 Å². The Morgan fingerprint density at radius 1 is 1.57 bits per heavy atom. The second-order valence-electron chi connectivity index (χ2n) is 4.71. The van der Waals surface area contributed by atoms with Crippen molar-refractivity contribution in [3.8, 4) is 6.19 Å². The zero-order chi connectivity index (χ0) is 15.7. The quantitative estimate of drug-likeness (QED) is 0.158. The van der Waals surface area contributed by atoms with Gasteiger partial charge in [-0.05, 0) is 14.1 Å². The number of nitrogens with two attached hydrogens (primary N) is 1. The van der Waals surface area contributed by atoms with E-state index < -0.39 is 0 Å². The molecule has 1 heterocycles. The van der Waals surface area contributed by atoms with Crippen molar-refractivity contribution in [2.45, 2.75) is 13.0 Å². The van der Waals surface area contributed by atoms with Gasteiger partial charge in [0.2, 0.25) is 5.96 Å². The number of hydrogen-bond acceptors (Lipinski definition) is 6. The first-order valence-corrected chi connectivity index (χ1v) is 6.54. The van der Waals surface area contributed by atoms with E-state index in [1.807, 2.05) is 26.5 Å². The maximum atomic E-state index is 8.58. The molecule has 0 radical (unpaired) electrons.